The third-order valence-corrected chi connectivity index (χ3v) is 3.78. The molecule has 18 heavy (non-hydrogen) atoms. The number of rotatable bonds is 1. The second-order valence-electron chi connectivity index (χ2n) is 5.13. The SMILES string of the molecule is Cc1cc(N)c(Cl)cc1N1CCNC(=O)C1(C)C. The number of nitrogens with two attached hydrogens (primary N) is 1. The lowest BCUT2D eigenvalue weighted by Crippen LogP contribution is -2.62. The van der Waals surface area contributed by atoms with Crippen molar-refractivity contribution in [2.75, 3.05) is 23.7 Å². The fourth-order valence-electron chi connectivity index (χ4n) is 2.31. The van der Waals surface area contributed by atoms with Crippen LogP contribution in [0.1, 0.15) is 19.4 Å². The molecule has 5 heteroatoms. The van der Waals surface area contributed by atoms with Gasteiger partial charge in [-0.25, -0.2) is 0 Å². The number of halogens is 1. The number of carbonyl (C=O) groups excluding carboxylic acids is 1. The Bertz CT molecular complexity index is 499. The molecule has 1 fully saturated rings. The van der Waals surface area contributed by atoms with Gasteiger partial charge < -0.3 is 16.0 Å². The largest absolute Gasteiger partial charge is 0.398 e. The standard InChI is InChI=1S/C13H18ClN3O/c1-8-6-10(15)9(14)7-11(8)17-5-4-16-12(18)13(17,2)3/h6-7H,4-5,15H2,1-3H3,(H,16,18). The lowest BCUT2D eigenvalue weighted by Gasteiger charge is -2.43. The van der Waals surface area contributed by atoms with Crippen LogP contribution >= 0.6 is 11.6 Å². The van der Waals surface area contributed by atoms with Crippen LogP contribution in [-0.2, 0) is 4.79 Å². The average molecular weight is 268 g/mol. The number of amides is 1. The molecule has 1 aromatic rings. The maximum absolute atomic E-state index is 12.0. The molecule has 0 aromatic heterocycles. The molecule has 1 amide bonds. The second kappa shape index (κ2) is 4.35. The van der Waals surface area contributed by atoms with E-state index in [1.165, 1.54) is 0 Å². The molecule has 0 saturated carbocycles. The van der Waals surface area contributed by atoms with Gasteiger partial charge in [0.1, 0.15) is 5.54 Å². The zero-order chi connectivity index (χ0) is 13.5. The summed E-state index contributed by atoms with van der Waals surface area (Å²) >= 11 is 6.08. The first kappa shape index (κ1) is 13.0. The predicted octanol–water partition coefficient (Wildman–Crippen LogP) is 1.95. The molecular formula is C13H18ClN3O. The van der Waals surface area contributed by atoms with Crippen LogP contribution in [-0.4, -0.2) is 24.5 Å². The Balaban J connectivity index is 2.48. The number of piperazine rings is 1. The Hall–Kier alpha value is -1.42. The van der Waals surface area contributed by atoms with Gasteiger partial charge in [0.05, 0.1) is 10.7 Å². The van der Waals surface area contributed by atoms with Gasteiger partial charge in [0.25, 0.3) is 0 Å². The van der Waals surface area contributed by atoms with Gasteiger partial charge in [-0.1, -0.05) is 11.6 Å². The van der Waals surface area contributed by atoms with E-state index in [2.05, 4.69) is 10.2 Å². The Kier molecular flexibility index (Phi) is 3.15. The van der Waals surface area contributed by atoms with E-state index in [0.717, 1.165) is 17.8 Å². The molecule has 0 bridgehead atoms. The summed E-state index contributed by atoms with van der Waals surface area (Å²) in [6.45, 7) is 7.20. The number of hydrogen-bond donors (Lipinski definition) is 2. The van der Waals surface area contributed by atoms with Gasteiger partial charge in [-0.2, -0.15) is 0 Å². The Morgan fingerprint density at radius 2 is 2.11 bits per heavy atom. The number of nitrogens with zero attached hydrogens (tertiary/aromatic N) is 1. The first-order valence-corrected chi connectivity index (χ1v) is 6.33. The fraction of sp³-hybridized carbons (Fsp3) is 0.462. The second-order valence-corrected chi connectivity index (χ2v) is 5.53. The molecular weight excluding hydrogens is 250 g/mol. The molecule has 3 N–H and O–H groups in total. The van der Waals surface area contributed by atoms with Gasteiger partial charge in [0, 0.05) is 18.8 Å². The molecule has 0 atom stereocenters. The van der Waals surface area contributed by atoms with Crippen molar-refractivity contribution in [3.05, 3.63) is 22.7 Å². The highest BCUT2D eigenvalue weighted by Crippen LogP contribution is 2.33. The van der Waals surface area contributed by atoms with Crippen LogP contribution in [0.25, 0.3) is 0 Å². The van der Waals surface area contributed by atoms with Crippen LogP contribution in [0.2, 0.25) is 5.02 Å². The molecule has 0 spiro atoms. The zero-order valence-corrected chi connectivity index (χ0v) is 11.6. The van der Waals surface area contributed by atoms with Gasteiger partial charge in [0.2, 0.25) is 5.91 Å². The summed E-state index contributed by atoms with van der Waals surface area (Å²) in [7, 11) is 0. The zero-order valence-electron chi connectivity index (χ0n) is 10.9. The minimum Gasteiger partial charge on any atom is -0.398 e. The predicted molar refractivity (Wildman–Crippen MR) is 75.0 cm³/mol. The normalized spacial score (nSPS) is 18.7. The van der Waals surface area contributed by atoms with Crippen LogP contribution in [0.15, 0.2) is 12.1 Å². The van der Waals surface area contributed by atoms with Crippen LogP contribution in [0.3, 0.4) is 0 Å². The molecule has 0 radical (unpaired) electrons. The van der Waals surface area contributed by atoms with E-state index in [-0.39, 0.29) is 5.91 Å². The first-order chi connectivity index (χ1) is 8.34. The maximum Gasteiger partial charge on any atom is 0.245 e. The van der Waals surface area contributed by atoms with Crippen molar-refractivity contribution in [2.24, 2.45) is 0 Å². The molecule has 1 aliphatic heterocycles. The molecule has 1 heterocycles. The summed E-state index contributed by atoms with van der Waals surface area (Å²) in [5.41, 5.74) is 7.76. The average Bonchev–Trinajstić information content (AvgIpc) is 2.28. The van der Waals surface area contributed by atoms with Crippen molar-refractivity contribution < 1.29 is 4.79 Å². The molecule has 98 valence electrons. The fourth-order valence-corrected chi connectivity index (χ4v) is 2.46. The Morgan fingerprint density at radius 1 is 1.44 bits per heavy atom. The molecule has 0 unspecified atom stereocenters. The molecule has 0 aliphatic carbocycles. The summed E-state index contributed by atoms with van der Waals surface area (Å²) < 4.78 is 0. The highest BCUT2D eigenvalue weighted by Gasteiger charge is 2.38. The summed E-state index contributed by atoms with van der Waals surface area (Å²) in [5, 5.41) is 3.40. The maximum atomic E-state index is 12.0. The number of nitrogen functional groups attached to an aromatic ring is 1. The number of hydrogen-bond acceptors (Lipinski definition) is 3. The van der Waals surface area contributed by atoms with Crippen molar-refractivity contribution in [3.8, 4) is 0 Å². The Labute approximate surface area is 112 Å². The minimum absolute atomic E-state index is 0.0288. The first-order valence-electron chi connectivity index (χ1n) is 5.95. The van der Waals surface area contributed by atoms with Crippen LogP contribution < -0.4 is 16.0 Å². The molecule has 4 nitrogen and oxygen atoms in total. The third-order valence-electron chi connectivity index (χ3n) is 3.46. The van der Waals surface area contributed by atoms with Crippen LogP contribution in [0.5, 0.6) is 0 Å². The van der Waals surface area contributed by atoms with Crippen molar-refractivity contribution in [3.63, 3.8) is 0 Å². The van der Waals surface area contributed by atoms with Crippen LogP contribution in [0, 0.1) is 6.92 Å². The monoisotopic (exact) mass is 267 g/mol. The number of benzene rings is 1. The van der Waals surface area contributed by atoms with Crippen molar-refractivity contribution in [2.45, 2.75) is 26.3 Å². The van der Waals surface area contributed by atoms with E-state index < -0.39 is 5.54 Å². The highest BCUT2D eigenvalue weighted by molar-refractivity contribution is 6.33. The van der Waals surface area contributed by atoms with E-state index in [1.54, 1.807) is 0 Å². The summed E-state index contributed by atoms with van der Waals surface area (Å²) in [4.78, 5) is 14.0. The number of anilines is 2. The lowest BCUT2D eigenvalue weighted by molar-refractivity contribution is -0.126. The molecule has 2 rings (SSSR count). The Morgan fingerprint density at radius 3 is 2.78 bits per heavy atom. The van der Waals surface area contributed by atoms with Gasteiger partial charge in [-0.15, -0.1) is 0 Å². The molecule has 1 saturated heterocycles. The van der Waals surface area contributed by atoms with Gasteiger partial charge in [0.15, 0.2) is 0 Å². The van der Waals surface area contributed by atoms with Crippen molar-refractivity contribution in [1.29, 1.82) is 0 Å². The summed E-state index contributed by atoms with van der Waals surface area (Å²) in [5.74, 6) is 0.0288. The molecule has 1 aliphatic rings. The van der Waals surface area contributed by atoms with Gasteiger partial charge >= 0.3 is 0 Å². The van der Waals surface area contributed by atoms with Crippen molar-refractivity contribution >= 4 is 28.9 Å². The quantitative estimate of drug-likeness (QED) is 0.765. The van der Waals surface area contributed by atoms with Crippen molar-refractivity contribution in [1.82, 2.24) is 5.32 Å². The van der Waals surface area contributed by atoms with Gasteiger partial charge in [-0.3, -0.25) is 4.79 Å². The number of aryl methyl sites for hydroxylation is 1. The lowest BCUT2D eigenvalue weighted by atomic mass is 9.96. The molecule has 1 aromatic carbocycles. The van der Waals surface area contributed by atoms with Crippen LogP contribution in [0.4, 0.5) is 11.4 Å². The van der Waals surface area contributed by atoms with Gasteiger partial charge in [-0.05, 0) is 38.5 Å². The number of nitrogens with one attached hydrogen (secondary N) is 1. The van der Waals surface area contributed by atoms with E-state index in [0.29, 0.717) is 17.3 Å². The van der Waals surface area contributed by atoms with E-state index >= 15 is 0 Å². The van der Waals surface area contributed by atoms with E-state index in [4.69, 9.17) is 17.3 Å². The summed E-state index contributed by atoms with van der Waals surface area (Å²) in [6.07, 6.45) is 0. The number of carbonyl (C=O) groups is 1. The highest BCUT2D eigenvalue weighted by atomic mass is 35.5. The minimum atomic E-state index is -0.581. The summed E-state index contributed by atoms with van der Waals surface area (Å²) in [6, 6.07) is 3.69. The topological polar surface area (TPSA) is 58.4 Å². The third kappa shape index (κ3) is 2.01. The smallest absolute Gasteiger partial charge is 0.245 e. The van der Waals surface area contributed by atoms with E-state index in [1.807, 2.05) is 32.9 Å². The van der Waals surface area contributed by atoms with E-state index in [9.17, 15) is 4.79 Å².